The predicted molar refractivity (Wildman–Crippen MR) is 101 cm³/mol. The van der Waals surface area contributed by atoms with Crippen molar-refractivity contribution in [2.45, 2.75) is 18.9 Å². The molecule has 1 atom stereocenters. The van der Waals surface area contributed by atoms with E-state index in [4.69, 9.17) is 9.05 Å². The lowest BCUT2D eigenvalue weighted by molar-refractivity contribution is 0.260. The molecule has 0 N–H and O–H groups in total. The number of rotatable bonds is 5. The van der Waals surface area contributed by atoms with E-state index in [0.717, 1.165) is 30.8 Å². The molecule has 3 aromatic heterocycles. The van der Waals surface area contributed by atoms with Gasteiger partial charge in [0.15, 0.2) is 0 Å². The van der Waals surface area contributed by atoms with Gasteiger partial charge in [0, 0.05) is 25.4 Å². The molecule has 29 heavy (non-hydrogen) atoms. The average Bonchev–Trinajstić information content (AvgIpc) is 3.49. The van der Waals surface area contributed by atoms with Crippen LogP contribution < -0.4 is 0 Å². The number of benzene rings is 1. The first-order valence-electron chi connectivity index (χ1n) is 9.42. The number of likely N-dealkylation sites (tertiary alicyclic amines) is 1. The SMILES string of the molecule is Cn1cccc1-c1noc(C2CCN(Cc3nc(-c4ccc(F)cc4)no3)C2)n1. The van der Waals surface area contributed by atoms with E-state index in [1.165, 1.54) is 12.1 Å². The third kappa shape index (κ3) is 3.56. The van der Waals surface area contributed by atoms with E-state index in [1.54, 1.807) is 12.1 Å². The molecule has 4 aromatic rings. The van der Waals surface area contributed by atoms with Crippen LogP contribution in [0.1, 0.15) is 24.1 Å². The van der Waals surface area contributed by atoms with Crippen LogP contribution in [0.3, 0.4) is 0 Å². The lowest BCUT2D eigenvalue weighted by Gasteiger charge is -2.11. The zero-order valence-electron chi connectivity index (χ0n) is 15.8. The highest BCUT2D eigenvalue weighted by atomic mass is 19.1. The number of aromatic nitrogens is 5. The lowest BCUT2D eigenvalue weighted by atomic mass is 10.1. The summed E-state index contributed by atoms with van der Waals surface area (Å²) in [6.07, 6.45) is 2.88. The number of nitrogens with zero attached hydrogens (tertiary/aromatic N) is 6. The van der Waals surface area contributed by atoms with Crippen LogP contribution in [0.25, 0.3) is 22.9 Å². The molecular weight excluding hydrogens is 375 g/mol. The first kappa shape index (κ1) is 17.7. The van der Waals surface area contributed by atoms with Crippen LogP contribution in [-0.2, 0) is 13.6 Å². The van der Waals surface area contributed by atoms with E-state index in [0.29, 0.717) is 30.0 Å². The number of hydrogen-bond acceptors (Lipinski definition) is 7. The Kier molecular flexibility index (Phi) is 4.44. The minimum atomic E-state index is -0.295. The van der Waals surface area contributed by atoms with Gasteiger partial charge in [-0.25, -0.2) is 4.39 Å². The Balaban J connectivity index is 1.23. The summed E-state index contributed by atoms with van der Waals surface area (Å²) in [5, 5.41) is 8.12. The highest BCUT2D eigenvalue weighted by Crippen LogP contribution is 2.29. The first-order valence-corrected chi connectivity index (χ1v) is 9.42. The van der Waals surface area contributed by atoms with Crippen molar-refractivity contribution < 1.29 is 13.4 Å². The molecule has 1 unspecified atom stereocenters. The van der Waals surface area contributed by atoms with E-state index >= 15 is 0 Å². The third-order valence-corrected chi connectivity index (χ3v) is 5.17. The van der Waals surface area contributed by atoms with Gasteiger partial charge < -0.3 is 13.6 Å². The number of halogens is 1. The normalized spacial score (nSPS) is 17.2. The summed E-state index contributed by atoms with van der Waals surface area (Å²) in [7, 11) is 1.95. The smallest absolute Gasteiger partial charge is 0.241 e. The quantitative estimate of drug-likeness (QED) is 0.513. The zero-order chi connectivity index (χ0) is 19.8. The maximum absolute atomic E-state index is 13.1. The van der Waals surface area contributed by atoms with Gasteiger partial charge in [0.2, 0.25) is 23.4 Å². The van der Waals surface area contributed by atoms with E-state index in [-0.39, 0.29) is 11.7 Å². The molecule has 0 bridgehead atoms. The van der Waals surface area contributed by atoms with Gasteiger partial charge >= 0.3 is 0 Å². The van der Waals surface area contributed by atoms with Crippen molar-refractivity contribution in [2.75, 3.05) is 13.1 Å². The molecule has 9 heteroatoms. The third-order valence-electron chi connectivity index (χ3n) is 5.17. The van der Waals surface area contributed by atoms with Gasteiger partial charge in [-0.1, -0.05) is 10.3 Å². The maximum Gasteiger partial charge on any atom is 0.241 e. The number of aryl methyl sites for hydroxylation is 1. The highest BCUT2D eigenvalue weighted by molar-refractivity contribution is 5.53. The molecule has 1 saturated heterocycles. The van der Waals surface area contributed by atoms with Crippen LogP contribution in [0.15, 0.2) is 51.6 Å². The van der Waals surface area contributed by atoms with Crippen LogP contribution in [0.4, 0.5) is 4.39 Å². The fraction of sp³-hybridized carbons (Fsp3) is 0.300. The Labute approximate surface area is 166 Å². The van der Waals surface area contributed by atoms with Crippen LogP contribution in [0.5, 0.6) is 0 Å². The van der Waals surface area contributed by atoms with Crippen molar-refractivity contribution in [1.29, 1.82) is 0 Å². The molecule has 0 aliphatic carbocycles. The van der Waals surface area contributed by atoms with Crippen molar-refractivity contribution in [3.8, 4) is 22.9 Å². The summed E-state index contributed by atoms with van der Waals surface area (Å²) in [6, 6.07) is 9.94. The van der Waals surface area contributed by atoms with E-state index in [2.05, 4.69) is 25.2 Å². The Morgan fingerprint density at radius 1 is 1.07 bits per heavy atom. The van der Waals surface area contributed by atoms with Gasteiger partial charge in [-0.3, -0.25) is 4.90 Å². The predicted octanol–water partition coefficient (Wildman–Crippen LogP) is 3.25. The lowest BCUT2D eigenvalue weighted by Crippen LogP contribution is -2.20. The van der Waals surface area contributed by atoms with E-state index < -0.39 is 0 Å². The monoisotopic (exact) mass is 394 g/mol. The highest BCUT2D eigenvalue weighted by Gasteiger charge is 2.29. The molecule has 1 aromatic carbocycles. The fourth-order valence-corrected chi connectivity index (χ4v) is 3.60. The topological polar surface area (TPSA) is 86.0 Å². The first-order chi connectivity index (χ1) is 14.2. The van der Waals surface area contributed by atoms with Crippen LogP contribution in [0.2, 0.25) is 0 Å². The van der Waals surface area contributed by atoms with Gasteiger partial charge in [0.05, 0.1) is 18.2 Å². The molecule has 4 heterocycles. The van der Waals surface area contributed by atoms with Gasteiger partial charge in [-0.15, -0.1) is 0 Å². The molecule has 8 nitrogen and oxygen atoms in total. The molecule has 5 rings (SSSR count). The van der Waals surface area contributed by atoms with Crippen LogP contribution >= 0.6 is 0 Å². The van der Waals surface area contributed by atoms with Gasteiger partial charge in [-0.2, -0.15) is 9.97 Å². The largest absolute Gasteiger partial charge is 0.348 e. The van der Waals surface area contributed by atoms with Crippen molar-refractivity contribution in [2.24, 2.45) is 7.05 Å². The molecular formula is C20H19FN6O2. The van der Waals surface area contributed by atoms with Gasteiger partial charge in [0.1, 0.15) is 5.82 Å². The van der Waals surface area contributed by atoms with E-state index in [9.17, 15) is 4.39 Å². The standard InChI is InChI=1S/C20H19FN6O2/c1-26-9-2-3-16(26)19-23-20(29-25-19)14-8-10-27(11-14)12-17-22-18(24-28-17)13-4-6-15(21)7-5-13/h2-7,9,14H,8,10-12H2,1H3. The fourth-order valence-electron chi connectivity index (χ4n) is 3.60. The van der Waals surface area contributed by atoms with Crippen LogP contribution in [0, 0.1) is 5.82 Å². The maximum atomic E-state index is 13.1. The molecule has 1 fully saturated rings. The summed E-state index contributed by atoms with van der Waals surface area (Å²) in [4.78, 5) is 11.2. The molecule has 0 spiro atoms. The summed E-state index contributed by atoms with van der Waals surface area (Å²) in [5.41, 5.74) is 1.65. The molecule has 1 aliphatic rings. The second-order valence-electron chi connectivity index (χ2n) is 7.20. The molecule has 0 saturated carbocycles. The average molecular weight is 394 g/mol. The Hall–Kier alpha value is -3.33. The minimum absolute atomic E-state index is 0.177. The molecule has 1 aliphatic heterocycles. The summed E-state index contributed by atoms with van der Waals surface area (Å²) >= 11 is 0. The van der Waals surface area contributed by atoms with Crippen molar-refractivity contribution >= 4 is 0 Å². The molecule has 0 amide bonds. The van der Waals surface area contributed by atoms with Crippen LogP contribution in [-0.4, -0.2) is 42.8 Å². The van der Waals surface area contributed by atoms with Crippen molar-refractivity contribution in [1.82, 2.24) is 29.7 Å². The summed E-state index contributed by atoms with van der Waals surface area (Å²) < 4.78 is 25.9. The second kappa shape index (κ2) is 7.25. The molecule has 0 radical (unpaired) electrons. The van der Waals surface area contributed by atoms with Crippen molar-refractivity contribution in [3.63, 3.8) is 0 Å². The summed E-state index contributed by atoms with van der Waals surface area (Å²) in [5.74, 6) is 2.13. The van der Waals surface area contributed by atoms with Gasteiger partial charge in [-0.05, 0) is 49.4 Å². The minimum Gasteiger partial charge on any atom is -0.348 e. The molecule has 148 valence electrons. The number of hydrogen-bond donors (Lipinski definition) is 0. The van der Waals surface area contributed by atoms with Gasteiger partial charge in [0.25, 0.3) is 0 Å². The van der Waals surface area contributed by atoms with Crippen molar-refractivity contribution in [3.05, 3.63) is 60.2 Å². The second-order valence-corrected chi connectivity index (χ2v) is 7.20. The Morgan fingerprint density at radius 2 is 1.90 bits per heavy atom. The van der Waals surface area contributed by atoms with E-state index in [1.807, 2.05) is 29.9 Å². The Morgan fingerprint density at radius 3 is 2.69 bits per heavy atom. The Bertz CT molecular complexity index is 1120. The zero-order valence-corrected chi connectivity index (χ0v) is 15.8. The summed E-state index contributed by atoms with van der Waals surface area (Å²) in [6.45, 7) is 2.20.